The van der Waals surface area contributed by atoms with Crippen molar-refractivity contribution in [1.29, 1.82) is 0 Å². The van der Waals surface area contributed by atoms with E-state index >= 15 is 0 Å². The molecule has 114 valence electrons. The molecule has 0 saturated heterocycles. The van der Waals surface area contributed by atoms with Gasteiger partial charge >= 0.3 is 0 Å². The molecule has 0 N–H and O–H groups in total. The number of para-hydroxylation sites is 2. The van der Waals surface area contributed by atoms with Crippen molar-refractivity contribution >= 4 is 23.1 Å². The quantitative estimate of drug-likeness (QED) is 0.742. The van der Waals surface area contributed by atoms with E-state index in [0.29, 0.717) is 5.92 Å². The van der Waals surface area contributed by atoms with Gasteiger partial charge < -0.3 is 9.80 Å². The van der Waals surface area contributed by atoms with Gasteiger partial charge in [0.05, 0.1) is 11.4 Å². The van der Waals surface area contributed by atoms with E-state index in [4.69, 9.17) is 0 Å². The molecule has 1 heterocycles. The average Bonchev–Trinajstić information content (AvgIpc) is 2.53. The van der Waals surface area contributed by atoms with E-state index in [-0.39, 0.29) is 0 Å². The second-order valence-electron chi connectivity index (χ2n) is 5.91. The van der Waals surface area contributed by atoms with Gasteiger partial charge in [0.25, 0.3) is 0 Å². The van der Waals surface area contributed by atoms with Crippen LogP contribution in [0.2, 0.25) is 0 Å². The third kappa shape index (κ3) is 3.06. The molecule has 0 radical (unpaired) electrons. The van der Waals surface area contributed by atoms with Gasteiger partial charge in [0.1, 0.15) is 0 Å². The number of hydrogen-bond acceptors (Lipinski definition) is 3. The van der Waals surface area contributed by atoms with Gasteiger partial charge in [-0.15, -0.1) is 6.58 Å². The van der Waals surface area contributed by atoms with Crippen molar-refractivity contribution in [2.24, 2.45) is 5.92 Å². The maximum absolute atomic E-state index is 4.03. The van der Waals surface area contributed by atoms with E-state index < -0.39 is 0 Å². The Bertz CT molecular complexity index is 620. The first kappa shape index (κ1) is 15.2. The summed E-state index contributed by atoms with van der Waals surface area (Å²) in [6.07, 6.45) is 2.08. The molecule has 1 unspecified atom stereocenters. The Labute approximate surface area is 137 Å². The topological polar surface area (TPSA) is 6.48 Å². The van der Waals surface area contributed by atoms with Crippen LogP contribution in [-0.2, 0) is 0 Å². The van der Waals surface area contributed by atoms with Gasteiger partial charge in [-0.05, 0) is 38.4 Å². The van der Waals surface area contributed by atoms with Gasteiger partial charge in [0.15, 0.2) is 0 Å². The molecule has 0 fully saturated rings. The predicted molar refractivity (Wildman–Crippen MR) is 96.3 cm³/mol. The fourth-order valence-corrected chi connectivity index (χ4v) is 3.98. The van der Waals surface area contributed by atoms with Gasteiger partial charge in [-0.3, -0.25) is 0 Å². The zero-order chi connectivity index (χ0) is 15.5. The summed E-state index contributed by atoms with van der Waals surface area (Å²) in [6.45, 7) is 6.00. The van der Waals surface area contributed by atoms with Gasteiger partial charge in [-0.25, -0.2) is 0 Å². The lowest BCUT2D eigenvalue weighted by molar-refractivity contribution is 0.361. The van der Waals surface area contributed by atoms with Crippen molar-refractivity contribution in [3.63, 3.8) is 0 Å². The molecular weight excluding hydrogens is 288 g/mol. The molecule has 0 amide bonds. The predicted octanol–water partition coefficient (Wildman–Crippen LogP) is 4.65. The summed E-state index contributed by atoms with van der Waals surface area (Å²) in [7, 11) is 4.23. The van der Waals surface area contributed by atoms with Crippen LogP contribution < -0.4 is 4.90 Å². The SMILES string of the molecule is C=CC(CN(C)C)CN1c2ccccc2Sc2ccccc21. The van der Waals surface area contributed by atoms with Crippen LogP contribution in [0.4, 0.5) is 11.4 Å². The van der Waals surface area contributed by atoms with Crippen LogP contribution in [0.3, 0.4) is 0 Å². The van der Waals surface area contributed by atoms with Crippen molar-refractivity contribution in [2.45, 2.75) is 9.79 Å². The lowest BCUT2D eigenvalue weighted by Crippen LogP contribution is -2.32. The smallest absolute Gasteiger partial charge is 0.0553 e. The van der Waals surface area contributed by atoms with E-state index in [1.165, 1.54) is 21.2 Å². The fraction of sp³-hybridized carbons (Fsp3) is 0.263. The molecule has 1 aliphatic heterocycles. The monoisotopic (exact) mass is 310 g/mol. The van der Waals surface area contributed by atoms with E-state index in [1.54, 1.807) is 0 Å². The first-order chi connectivity index (χ1) is 10.7. The molecule has 2 nitrogen and oxygen atoms in total. The molecule has 2 aromatic carbocycles. The van der Waals surface area contributed by atoms with Crippen molar-refractivity contribution in [2.75, 3.05) is 32.1 Å². The molecule has 3 rings (SSSR count). The highest BCUT2D eigenvalue weighted by atomic mass is 32.2. The van der Waals surface area contributed by atoms with Crippen molar-refractivity contribution < 1.29 is 0 Å². The standard InChI is InChI=1S/C19H22N2S/c1-4-15(13-20(2)3)14-21-16-9-5-7-11-18(16)22-19-12-8-6-10-17(19)21/h4-12,15H,1,13-14H2,2-3H3. The number of anilines is 2. The van der Waals surface area contributed by atoms with Crippen LogP contribution in [0.5, 0.6) is 0 Å². The minimum Gasteiger partial charge on any atom is -0.339 e. The minimum atomic E-state index is 0.430. The Hall–Kier alpha value is -1.71. The van der Waals surface area contributed by atoms with Crippen molar-refractivity contribution in [3.8, 4) is 0 Å². The first-order valence-corrected chi connectivity index (χ1v) is 8.41. The highest BCUT2D eigenvalue weighted by Crippen LogP contribution is 2.48. The van der Waals surface area contributed by atoms with Gasteiger partial charge in [0, 0.05) is 28.8 Å². The number of nitrogens with zero attached hydrogens (tertiary/aromatic N) is 2. The molecular formula is C19H22N2S. The second-order valence-corrected chi connectivity index (χ2v) is 6.99. The van der Waals surface area contributed by atoms with Crippen LogP contribution in [0.15, 0.2) is 71.0 Å². The fourth-order valence-electron chi connectivity index (χ4n) is 2.89. The third-order valence-corrected chi connectivity index (χ3v) is 5.01. The number of hydrogen-bond donors (Lipinski definition) is 0. The molecule has 0 saturated carbocycles. The van der Waals surface area contributed by atoms with E-state index in [2.05, 4.69) is 85.1 Å². The Morgan fingerprint density at radius 2 is 1.59 bits per heavy atom. The van der Waals surface area contributed by atoms with Crippen LogP contribution in [-0.4, -0.2) is 32.1 Å². The number of rotatable bonds is 5. The molecule has 0 bridgehead atoms. The lowest BCUT2D eigenvalue weighted by atomic mass is 10.1. The largest absolute Gasteiger partial charge is 0.339 e. The molecule has 2 aromatic rings. The molecule has 1 atom stereocenters. The van der Waals surface area contributed by atoms with Crippen LogP contribution in [0.1, 0.15) is 0 Å². The zero-order valence-electron chi connectivity index (χ0n) is 13.2. The van der Waals surface area contributed by atoms with E-state index in [9.17, 15) is 0 Å². The Morgan fingerprint density at radius 3 is 2.09 bits per heavy atom. The third-order valence-electron chi connectivity index (χ3n) is 3.88. The van der Waals surface area contributed by atoms with Gasteiger partial charge in [-0.1, -0.05) is 42.1 Å². The Kier molecular flexibility index (Phi) is 4.55. The molecule has 0 aromatic heterocycles. The minimum absolute atomic E-state index is 0.430. The zero-order valence-corrected chi connectivity index (χ0v) is 14.0. The molecule has 3 heteroatoms. The highest BCUT2D eigenvalue weighted by molar-refractivity contribution is 7.99. The molecule has 1 aliphatic rings. The summed E-state index contributed by atoms with van der Waals surface area (Å²) < 4.78 is 0. The second kappa shape index (κ2) is 6.59. The Morgan fingerprint density at radius 1 is 1.05 bits per heavy atom. The van der Waals surface area contributed by atoms with Crippen LogP contribution in [0, 0.1) is 5.92 Å². The van der Waals surface area contributed by atoms with Crippen molar-refractivity contribution in [3.05, 3.63) is 61.2 Å². The van der Waals surface area contributed by atoms with Gasteiger partial charge in [0.2, 0.25) is 0 Å². The summed E-state index contributed by atoms with van der Waals surface area (Å²) >= 11 is 1.86. The number of fused-ring (bicyclic) bond motifs is 2. The summed E-state index contributed by atoms with van der Waals surface area (Å²) in [5.41, 5.74) is 2.61. The van der Waals surface area contributed by atoms with Crippen molar-refractivity contribution in [1.82, 2.24) is 4.90 Å². The first-order valence-electron chi connectivity index (χ1n) is 7.60. The summed E-state index contributed by atoms with van der Waals surface area (Å²) in [6, 6.07) is 17.3. The Balaban J connectivity index is 1.97. The highest BCUT2D eigenvalue weighted by Gasteiger charge is 2.24. The molecule has 0 aliphatic carbocycles. The normalized spacial score (nSPS) is 14.4. The van der Waals surface area contributed by atoms with Gasteiger partial charge in [-0.2, -0.15) is 0 Å². The maximum atomic E-state index is 4.03. The van der Waals surface area contributed by atoms with E-state index in [1.807, 2.05) is 11.8 Å². The van der Waals surface area contributed by atoms with E-state index in [0.717, 1.165) is 13.1 Å². The maximum Gasteiger partial charge on any atom is 0.0553 e. The summed E-state index contributed by atoms with van der Waals surface area (Å²) in [5.74, 6) is 0.430. The number of benzene rings is 2. The molecule has 0 spiro atoms. The summed E-state index contributed by atoms with van der Waals surface area (Å²) in [5, 5.41) is 0. The lowest BCUT2D eigenvalue weighted by Gasteiger charge is -2.35. The van der Waals surface area contributed by atoms with Crippen LogP contribution >= 0.6 is 11.8 Å². The molecule has 22 heavy (non-hydrogen) atoms. The average molecular weight is 310 g/mol. The van der Waals surface area contributed by atoms with Crippen LogP contribution in [0.25, 0.3) is 0 Å². The summed E-state index contributed by atoms with van der Waals surface area (Å²) in [4.78, 5) is 7.32.